The van der Waals surface area contributed by atoms with E-state index >= 15 is 0 Å². The molecule has 3 rings (SSSR count). The zero-order valence-corrected chi connectivity index (χ0v) is 13.8. The molecule has 2 aromatic heterocycles. The zero-order chi connectivity index (χ0) is 16.9. The van der Waals surface area contributed by atoms with Crippen molar-refractivity contribution in [2.24, 2.45) is 0 Å². The summed E-state index contributed by atoms with van der Waals surface area (Å²) in [5.74, 6) is 0.670. The van der Waals surface area contributed by atoms with Gasteiger partial charge in [0.25, 0.3) is 5.91 Å². The Bertz CT molecular complexity index is 791. The molecule has 0 aliphatic carbocycles. The first kappa shape index (κ1) is 16.1. The van der Waals surface area contributed by atoms with Gasteiger partial charge in [-0.15, -0.1) is 0 Å². The average Bonchev–Trinajstić information content (AvgIpc) is 3.23. The quantitative estimate of drug-likeness (QED) is 0.744. The van der Waals surface area contributed by atoms with Crippen LogP contribution in [0.15, 0.2) is 57.7 Å². The van der Waals surface area contributed by atoms with E-state index in [2.05, 4.69) is 22.6 Å². The van der Waals surface area contributed by atoms with Crippen LogP contribution in [-0.4, -0.2) is 17.1 Å². The maximum atomic E-state index is 12.6. The maximum absolute atomic E-state index is 12.6. The monoisotopic (exact) mass is 324 g/mol. The van der Waals surface area contributed by atoms with Gasteiger partial charge in [0.2, 0.25) is 5.76 Å². The molecule has 124 valence electrons. The van der Waals surface area contributed by atoms with Gasteiger partial charge < -0.3 is 14.3 Å². The van der Waals surface area contributed by atoms with Gasteiger partial charge in [0, 0.05) is 6.04 Å². The molecule has 0 spiro atoms. The molecule has 0 radical (unpaired) electrons. The second-order valence-corrected chi connectivity index (χ2v) is 5.85. The standard InChI is InChI=1S/C19H20N2O3/c1-13(10-11-15-7-4-3-5-8-15)20-19(22)17-14(2)21-24-18(17)16-9-6-12-23-16/h3-9,12-13H,10-11H2,1-2H3,(H,20,22)/t13-/m1/s1. The third-order valence-electron chi connectivity index (χ3n) is 3.92. The highest BCUT2D eigenvalue weighted by atomic mass is 16.5. The Hall–Kier alpha value is -2.82. The van der Waals surface area contributed by atoms with Gasteiger partial charge in [-0.1, -0.05) is 35.5 Å². The van der Waals surface area contributed by atoms with Crippen LogP contribution in [0, 0.1) is 6.92 Å². The van der Waals surface area contributed by atoms with Gasteiger partial charge in [0.1, 0.15) is 5.56 Å². The predicted octanol–water partition coefficient (Wildman–Crippen LogP) is 3.99. The first-order chi connectivity index (χ1) is 11.6. The fourth-order valence-corrected chi connectivity index (χ4v) is 2.61. The van der Waals surface area contributed by atoms with Gasteiger partial charge >= 0.3 is 0 Å². The molecule has 2 heterocycles. The van der Waals surface area contributed by atoms with Crippen LogP contribution in [0.1, 0.15) is 35.0 Å². The number of carbonyl (C=O) groups excluding carboxylic acids is 1. The van der Waals surface area contributed by atoms with Crippen molar-refractivity contribution in [2.75, 3.05) is 0 Å². The summed E-state index contributed by atoms with van der Waals surface area (Å²) in [4.78, 5) is 12.6. The van der Waals surface area contributed by atoms with Crippen molar-refractivity contribution in [3.63, 3.8) is 0 Å². The second-order valence-electron chi connectivity index (χ2n) is 5.85. The Morgan fingerprint density at radius 2 is 2.00 bits per heavy atom. The average molecular weight is 324 g/mol. The van der Waals surface area contributed by atoms with Crippen LogP contribution in [0.2, 0.25) is 0 Å². The van der Waals surface area contributed by atoms with Crippen LogP contribution in [0.5, 0.6) is 0 Å². The van der Waals surface area contributed by atoms with E-state index in [1.54, 1.807) is 19.1 Å². The number of furan rings is 1. The third kappa shape index (κ3) is 3.56. The zero-order valence-electron chi connectivity index (χ0n) is 13.8. The van der Waals surface area contributed by atoms with Crippen LogP contribution in [0.25, 0.3) is 11.5 Å². The van der Waals surface area contributed by atoms with Crippen molar-refractivity contribution in [1.82, 2.24) is 10.5 Å². The third-order valence-corrected chi connectivity index (χ3v) is 3.92. The minimum absolute atomic E-state index is 0.0384. The van der Waals surface area contributed by atoms with Gasteiger partial charge in [0.15, 0.2) is 5.76 Å². The lowest BCUT2D eigenvalue weighted by atomic mass is 10.1. The molecule has 1 aromatic carbocycles. The van der Waals surface area contributed by atoms with Crippen molar-refractivity contribution in [3.05, 3.63) is 65.5 Å². The summed E-state index contributed by atoms with van der Waals surface area (Å²) in [5, 5.41) is 6.91. The fraction of sp³-hybridized carbons (Fsp3) is 0.263. The summed E-state index contributed by atoms with van der Waals surface area (Å²) in [6.07, 6.45) is 3.31. The minimum Gasteiger partial charge on any atom is -0.461 e. The smallest absolute Gasteiger partial charge is 0.257 e. The van der Waals surface area contributed by atoms with Gasteiger partial charge in [0.05, 0.1) is 12.0 Å². The summed E-state index contributed by atoms with van der Waals surface area (Å²) in [5.41, 5.74) is 2.24. The molecule has 1 N–H and O–H groups in total. The first-order valence-electron chi connectivity index (χ1n) is 8.00. The summed E-state index contributed by atoms with van der Waals surface area (Å²) >= 11 is 0. The molecule has 5 nitrogen and oxygen atoms in total. The lowest BCUT2D eigenvalue weighted by Crippen LogP contribution is -2.33. The molecule has 0 aliphatic rings. The molecule has 1 amide bonds. The SMILES string of the molecule is Cc1noc(-c2ccco2)c1C(=O)N[C@H](C)CCc1ccccc1. The Kier molecular flexibility index (Phi) is 4.79. The van der Waals surface area contributed by atoms with E-state index in [9.17, 15) is 4.79 Å². The molecule has 0 saturated heterocycles. The van der Waals surface area contributed by atoms with Crippen LogP contribution in [0.4, 0.5) is 0 Å². The number of rotatable bonds is 6. The highest BCUT2D eigenvalue weighted by molar-refractivity contribution is 6.00. The van der Waals surface area contributed by atoms with Crippen LogP contribution >= 0.6 is 0 Å². The number of hydrogen-bond acceptors (Lipinski definition) is 4. The van der Waals surface area contributed by atoms with Crippen molar-refractivity contribution in [1.29, 1.82) is 0 Å². The van der Waals surface area contributed by atoms with E-state index < -0.39 is 0 Å². The number of aromatic nitrogens is 1. The minimum atomic E-state index is -0.194. The summed E-state index contributed by atoms with van der Waals surface area (Å²) in [6.45, 7) is 3.75. The summed E-state index contributed by atoms with van der Waals surface area (Å²) in [6, 6.07) is 13.8. The first-order valence-corrected chi connectivity index (χ1v) is 8.00. The Balaban J connectivity index is 1.66. The molecule has 5 heteroatoms. The van der Waals surface area contributed by atoms with Crippen molar-refractivity contribution >= 4 is 5.91 Å². The van der Waals surface area contributed by atoms with E-state index in [1.165, 1.54) is 11.8 Å². The van der Waals surface area contributed by atoms with Crippen LogP contribution < -0.4 is 5.32 Å². The summed E-state index contributed by atoms with van der Waals surface area (Å²) in [7, 11) is 0. The number of carbonyl (C=O) groups is 1. The van der Waals surface area contributed by atoms with E-state index in [1.807, 2.05) is 25.1 Å². The topological polar surface area (TPSA) is 68.3 Å². The molecule has 0 unspecified atom stereocenters. The van der Waals surface area contributed by atoms with Crippen LogP contribution in [-0.2, 0) is 6.42 Å². The van der Waals surface area contributed by atoms with E-state index in [4.69, 9.17) is 8.94 Å². The number of hydrogen-bond donors (Lipinski definition) is 1. The molecule has 3 aromatic rings. The van der Waals surface area contributed by atoms with Gasteiger partial charge in [-0.25, -0.2) is 0 Å². The number of nitrogens with zero attached hydrogens (tertiary/aromatic N) is 1. The molecule has 0 bridgehead atoms. The van der Waals surface area contributed by atoms with Crippen LogP contribution in [0.3, 0.4) is 0 Å². The van der Waals surface area contributed by atoms with Crippen molar-refractivity contribution in [3.8, 4) is 11.5 Å². The van der Waals surface area contributed by atoms with E-state index in [-0.39, 0.29) is 11.9 Å². The number of amides is 1. The van der Waals surface area contributed by atoms with Crippen molar-refractivity contribution < 1.29 is 13.7 Å². The second kappa shape index (κ2) is 7.17. The molecule has 24 heavy (non-hydrogen) atoms. The molecule has 0 saturated carbocycles. The van der Waals surface area contributed by atoms with Gasteiger partial charge in [-0.2, -0.15) is 0 Å². The summed E-state index contributed by atoms with van der Waals surface area (Å²) < 4.78 is 10.6. The highest BCUT2D eigenvalue weighted by Crippen LogP contribution is 2.26. The van der Waals surface area contributed by atoms with Gasteiger partial charge in [-0.05, 0) is 44.4 Å². The lowest BCUT2D eigenvalue weighted by molar-refractivity contribution is 0.0938. The highest BCUT2D eigenvalue weighted by Gasteiger charge is 2.24. The van der Waals surface area contributed by atoms with Gasteiger partial charge in [-0.3, -0.25) is 4.79 Å². The molecule has 0 aliphatic heterocycles. The Morgan fingerprint density at radius 1 is 1.21 bits per heavy atom. The molecule has 0 fully saturated rings. The van der Waals surface area contributed by atoms with E-state index in [0.717, 1.165) is 12.8 Å². The number of nitrogens with one attached hydrogen (secondary N) is 1. The Labute approximate surface area is 140 Å². The molecular formula is C19H20N2O3. The van der Waals surface area contributed by atoms with E-state index in [0.29, 0.717) is 22.8 Å². The lowest BCUT2D eigenvalue weighted by Gasteiger charge is -2.13. The number of benzene rings is 1. The predicted molar refractivity (Wildman–Crippen MR) is 90.6 cm³/mol. The normalized spacial score (nSPS) is 12.1. The van der Waals surface area contributed by atoms with Crippen molar-refractivity contribution in [2.45, 2.75) is 32.7 Å². The molecule has 1 atom stereocenters. The number of aryl methyl sites for hydroxylation is 2. The molecular weight excluding hydrogens is 304 g/mol. The largest absolute Gasteiger partial charge is 0.461 e. The fourth-order valence-electron chi connectivity index (χ4n) is 2.61. The Morgan fingerprint density at radius 3 is 2.71 bits per heavy atom. The maximum Gasteiger partial charge on any atom is 0.257 e.